The van der Waals surface area contributed by atoms with Gasteiger partial charge < -0.3 is 14.7 Å². The summed E-state index contributed by atoms with van der Waals surface area (Å²) in [6, 6.07) is 6.09. The minimum Gasteiger partial charge on any atom is -0.493 e. The Bertz CT molecular complexity index is 790. The van der Waals surface area contributed by atoms with Crippen LogP contribution in [0.1, 0.15) is 47.7 Å². The van der Waals surface area contributed by atoms with Crippen LogP contribution in [-0.2, 0) is 12.0 Å². The Morgan fingerprint density at radius 2 is 2.04 bits per heavy atom. The minimum atomic E-state index is -0.802. The van der Waals surface area contributed by atoms with Crippen LogP contribution in [0.5, 0.6) is 5.75 Å². The van der Waals surface area contributed by atoms with Crippen molar-refractivity contribution >= 4 is 11.3 Å². The van der Waals surface area contributed by atoms with Gasteiger partial charge in [0.05, 0.1) is 12.3 Å². The molecule has 0 spiro atoms. The zero-order valence-electron chi connectivity index (χ0n) is 16.5. The van der Waals surface area contributed by atoms with Gasteiger partial charge in [0.15, 0.2) is 0 Å². The Morgan fingerprint density at radius 3 is 2.79 bits per heavy atom. The summed E-state index contributed by atoms with van der Waals surface area (Å²) >= 11 is 1.62. The molecule has 2 aromatic rings. The van der Waals surface area contributed by atoms with E-state index in [9.17, 15) is 9.50 Å². The van der Waals surface area contributed by atoms with Gasteiger partial charge in [0.2, 0.25) is 0 Å². The molecule has 0 amide bonds. The number of aliphatic hydroxyl groups is 1. The fourth-order valence-corrected chi connectivity index (χ4v) is 5.08. The first-order chi connectivity index (χ1) is 13.5. The van der Waals surface area contributed by atoms with Crippen molar-refractivity contribution in [3.05, 3.63) is 45.7 Å². The van der Waals surface area contributed by atoms with E-state index in [0.29, 0.717) is 12.4 Å². The van der Waals surface area contributed by atoms with Crippen molar-refractivity contribution in [3.8, 4) is 5.75 Å². The van der Waals surface area contributed by atoms with Crippen LogP contribution < -0.4 is 4.74 Å². The molecule has 28 heavy (non-hydrogen) atoms. The van der Waals surface area contributed by atoms with Gasteiger partial charge in [0, 0.05) is 24.4 Å². The molecule has 1 saturated heterocycles. The highest BCUT2D eigenvalue weighted by atomic mass is 32.1. The van der Waals surface area contributed by atoms with Crippen LogP contribution in [0.4, 0.5) is 4.39 Å². The fraction of sp³-hybridized carbons (Fsp3) is 0.591. The molecule has 1 N–H and O–H groups in total. The summed E-state index contributed by atoms with van der Waals surface area (Å²) in [6.07, 6.45) is 6.05. The van der Waals surface area contributed by atoms with Crippen LogP contribution in [0.25, 0.3) is 0 Å². The predicted molar refractivity (Wildman–Crippen MR) is 109 cm³/mol. The molecule has 6 heteroatoms. The lowest BCUT2D eigenvalue weighted by Crippen LogP contribution is -2.30. The molecule has 0 radical (unpaired) electrons. The Balaban J connectivity index is 1.35. The zero-order valence-corrected chi connectivity index (χ0v) is 17.3. The number of hydrogen-bond donors (Lipinski definition) is 1. The minimum absolute atomic E-state index is 0.261. The third kappa shape index (κ3) is 4.91. The van der Waals surface area contributed by atoms with Crippen LogP contribution in [0, 0.1) is 18.7 Å². The van der Waals surface area contributed by atoms with Gasteiger partial charge in [-0.2, -0.15) is 0 Å². The van der Waals surface area contributed by atoms with Gasteiger partial charge >= 0.3 is 0 Å². The number of aromatic nitrogens is 1. The quantitative estimate of drug-likeness (QED) is 0.748. The van der Waals surface area contributed by atoms with Crippen LogP contribution in [-0.4, -0.2) is 41.2 Å². The van der Waals surface area contributed by atoms with Gasteiger partial charge in [-0.1, -0.05) is 0 Å². The van der Waals surface area contributed by atoms with Gasteiger partial charge in [0.25, 0.3) is 0 Å². The summed E-state index contributed by atoms with van der Waals surface area (Å²) < 4.78 is 18.7. The largest absolute Gasteiger partial charge is 0.493 e. The standard InChI is InChI=1S/C22H29FN2O2S/c1-16-20(9-14-27-19-7-5-18(23)6-8-19)28-21(24-16)22(26)10-2-12-25(13-11-22)15-17-3-4-17/h5-8,17,26H,2-4,9-15H2,1H3. The van der Waals surface area contributed by atoms with Gasteiger partial charge in [-0.25, -0.2) is 9.37 Å². The summed E-state index contributed by atoms with van der Waals surface area (Å²) in [5.74, 6) is 1.30. The number of thiazole rings is 1. The summed E-state index contributed by atoms with van der Waals surface area (Å²) in [7, 11) is 0. The number of halogens is 1. The molecule has 1 aliphatic heterocycles. The molecule has 0 bridgehead atoms. The number of rotatable bonds is 7. The fourth-order valence-electron chi connectivity index (χ4n) is 3.89. The van der Waals surface area contributed by atoms with E-state index in [1.54, 1.807) is 23.5 Å². The number of likely N-dealkylation sites (tertiary alicyclic amines) is 1. The van der Waals surface area contributed by atoms with E-state index < -0.39 is 5.60 Å². The van der Waals surface area contributed by atoms with E-state index in [4.69, 9.17) is 9.72 Å². The number of aryl methyl sites for hydroxylation is 1. The molecule has 1 aromatic heterocycles. The SMILES string of the molecule is Cc1nc(C2(O)CCCN(CC3CC3)CC2)sc1CCOc1ccc(F)cc1. The van der Waals surface area contributed by atoms with Gasteiger partial charge in [-0.15, -0.1) is 11.3 Å². The van der Waals surface area contributed by atoms with Gasteiger partial charge in [-0.05, 0) is 75.8 Å². The molecule has 4 nitrogen and oxygen atoms in total. The molecule has 1 saturated carbocycles. The zero-order chi connectivity index (χ0) is 19.6. The van der Waals surface area contributed by atoms with E-state index in [1.165, 1.54) is 31.5 Å². The van der Waals surface area contributed by atoms with Crippen LogP contribution in [0.3, 0.4) is 0 Å². The maximum atomic E-state index is 13.0. The molecule has 1 unspecified atom stereocenters. The Hall–Kier alpha value is -1.50. The highest BCUT2D eigenvalue weighted by Gasteiger charge is 2.36. The number of benzene rings is 1. The van der Waals surface area contributed by atoms with Crippen LogP contribution >= 0.6 is 11.3 Å². The summed E-state index contributed by atoms with van der Waals surface area (Å²) in [4.78, 5) is 8.41. The smallest absolute Gasteiger partial charge is 0.125 e. The van der Waals surface area contributed by atoms with Crippen molar-refractivity contribution < 1.29 is 14.2 Å². The van der Waals surface area contributed by atoms with E-state index in [1.807, 2.05) is 6.92 Å². The average molecular weight is 405 g/mol. The molecule has 1 aromatic carbocycles. The molecular formula is C22H29FN2O2S. The van der Waals surface area contributed by atoms with Gasteiger partial charge in [0.1, 0.15) is 22.2 Å². The van der Waals surface area contributed by atoms with Crippen molar-refractivity contribution in [2.45, 2.75) is 51.0 Å². The molecule has 1 aliphatic carbocycles. The lowest BCUT2D eigenvalue weighted by Gasteiger charge is -2.24. The highest BCUT2D eigenvalue weighted by molar-refractivity contribution is 7.11. The summed E-state index contributed by atoms with van der Waals surface area (Å²) in [5.41, 5.74) is 0.180. The van der Waals surface area contributed by atoms with Crippen molar-refractivity contribution in [2.75, 3.05) is 26.2 Å². The number of hydrogen-bond acceptors (Lipinski definition) is 5. The van der Waals surface area contributed by atoms with E-state index in [2.05, 4.69) is 4.90 Å². The predicted octanol–water partition coefficient (Wildman–Crippen LogP) is 4.30. The molecule has 152 valence electrons. The normalized spacial score (nSPS) is 23.5. The van der Waals surface area contributed by atoms with Crippen molar-refractivity contribution in [1.29, 1.82) is 0 Å². The molecule has 4 rings (SSSR count). The van der Waals surface area contributed by atoms with E-state index >= 15 is 0 Å². The number of ether oxygens (including phenoxy) is 1. The lowest BCUT2D eigenvalue weighted by molar-refractivity contribution is 0.0208. The molecular weight excluding hydrogens is 375 g/mol. The van der Waals surface area contributed by atoms with Crippen LogP contribution in [0.2, 0.25) is 0 Å². The molecule has 1 atom stereocenters. The molecule has 2 fully saturated rings. The first kappa shape index (κ1) is 19.8. The third-order valence-corrected chi connectivity index (χ3v) is 7.23. The van der Waals surface area contributed by atoms with Gasteiger partial charge in [-0.3, -0.25) is 0 Å². The maximum Gasteiger partial charge on any atom is 0.125 e. The highest BCUT2D eigenvalue weighted by Crippen LogP contribution is 2.38. The number of nitrogens with zero attached hydrogens (tertiary/aromatic N) is 2. The second-order valence-electron chi connectivity index (χ2n) is 8.21. The third-order valence-electron chi connectivity index (χ3n) is 5.82. The average Bonchev–Trinajstić information content (AvgIpc) is 3.45. The van der Waals surface area contributed by atoms with E-state index in [-0.39, 0.29) is 5.82 Å². The lowest BCUT2D eigenvalue weighted by atomic mass is 9.96. The summed E-state index contributed by atoms with van der Waals surface area (Å²) in [5, 5.41) is 12.2. The monoisotopic (exact) mass is 404 g/mol. The Labute approximate surface area is 170 Å². The second-order valence-corrected chi connectivity index (χ2v) is 9.29. The Kier molecular flexibility index (Phi) is 5.99. The Morgan fingerprint density at radius 1 is 1.25 bits per heavy atom. The van der Waals surface area contributed by atoms with Crippen LogP contribution in [0.15, 0.2) is 24.3 Å². The second kappa shape index (κ2) is 8.47. The molecule has 2 aliphatic rings. The van der Waals surface area contributed by atoms with Crippen molar-refractivity contribution in [2.24, 2.45) is 5.92 Å². The van der Waals surface area contributed by atoms with Crippen molar-refractivity contribution in [3.63, 3.8) is 0 Å². The first-order valence-corrected chi connectivity index (χ1v) is 11.1. The summed E-state index contributed by atoms with van der Waals surface area (Å²) in [6.45, 7) is 5.75. The first-order valence-electron chi connectivity index (χ1n) is 10.3. The topological polar surface area (TPSA) is 45.6 Å². The van der Waals surface area contributed by atoms with E-state index in [0.717, 1.165) is 60.3 Å². The maximum absolute atomic E-state index is 13.0. The molecule has 2 heterocycles. The van der Waals surface area contributed by atoms with Crippen molar-refractivity contribution in [1.82, 2.24) is 9.88 Å².